The number of amides is 1. The highest BCUT2D eigenvalue weighted by atomic mass is 19.3. The van der Waals surface area contributed by atoms with Crippen LogP contribution in [0.1, 0.15) is 26.3 Å². The zero-order valence-corrected chi connectivity index (χ0v) is 12.2. The van der Waals surface area contributed by atoms with Crippen molar-refractivity contribution in [3.8, 4) is 0 Å². The van der Waals surface area contributed by atoms with Crippen LogP contribution in [0.5, 0.6) is 0 Å². The molecule has 2 atom stereocenters. The Bertz CT molecular complexity index is 495. The van der Waals surface area contributed by atoms with Gasteiger partial charge in [0.05, 0.1) is 6.61 Å². The number of rotatable bonds is 4. The van der Waals surface area contributed by atoms with E-state index in [1.54, 1.807) is 26.8 Å². The predicted octanol–water partition coefficient (Wildman–Crippen LogP) is 3.07. The van der Waals surface area contributed by atoms with Crippen molar-refractivity contribution in [1.82, 2.24) is 5.32 Å². The van der Waals surface area contributed by atoms with Crippen molar-refractivity contribution in [2.75, 3.05) is 6.61 Å². The van der Waals surface area contributed by atoms with Gasteiger partial charge in [-0.2, -0.15) is 8.78 Å². The molecule has 1 amide bonds. The lowest BCUT2D eigenvalue weighted by atomic mass is 9.99. The number of alkyl carbamates (subject to hydrolysis) is 1. The number of hydrogen-bond donors (Lipinski definition) is 1. The van der Waals surface area contributed by atoms with Crippen LogP contribution in [-0.4, -0.2) is 30.4 Å². The fourth-order valence-corrected chi connectivity index (χ4v) is 1.94. The Morgan fingerprint density at radius 2 is 1.90 bits per heavy atom. The Hall–Kier alpha value is -1.69. The van der Waals surface area contributed by atoms with Crippen LogP contribution in [0.3, 0.4) is 0 Å². The molecule has 1 aromatic carbocycles. The monoisotopic (exact) mass is 299 g/mol. The van der Waals surface area contributed by atoms with Crippen LogP contribution in [0, 0.1) is 0 Å². The summed E-state index contributed by atoms with van der Waals surface area (Å²) in [6, 6.07) is 5.92. The number of nitrogens with one attached hydrogen (secondary N) is 1. The molecule has 6 heteroatoms. The van der Waals surface area contributed by atoms with E-state index in [0.29, 0.717) is 0 Å². The Morgan fingerprint density at radius 1 is 1.33 bits per heavy atom. The summed E-state index contributed by atoms with van der Waals surface area (Å²) in [4.78, 5) is 11.8. The van der Waals surface area contributed by atoms with E-state index in [9.17, 15) is 13.6 Å². The molecule has 2 unspecified atom stereocenters. The van der Waals surface area contributed by atoms with Gasteiger partial charge in [0.2, 0.25) is 0 Å². The molecule has 1 aromatic rings. The first-order valence-electron chi connectivity index (χ1n) is 6.74. The van der Waals surface area contributed by atoms with Crippen molar-refractivity contribution in [3.05, 3.63) is 35.9 Å². The summed E-state index contributed by atoms with van der Waals surface area (Å²) in [5.74, 6) is -3.24. The van der Waals surface area contributed by atoms with Crippen molar-refractivity contribution in [1.29, 1.82) is 0 Å². The van der Waals surface area contributed by atoms with Gasteiger partial charge in [-0.25, -0.2) is 4.79 Å². The molecule has 0 radical (unpaired) electrons. The van der Waals surface area contributed by atoms with Crippen LogP contribution in [0.2, 0.25) is 0 Å². The topological polar surface area (TPSA) is 50.9 Å². The zero-order valence-electron chi connectivity index (χ0n) is 12.2. The maximum atomic E-state index is 14.6. The van der Waals surface area contributed by atoms with Crippen LogP contribution in [0.15, 0.2) is 30.3 Å². The maximum Gasteiger partial charge on any atom is 0.408 e. The van der Waals surface area contributed by atoms with Gasteiger partial charge in [0.1, 0.15) is 17.7 Å². The van der Waals surface area contributed by atoms with Gasteiger partial charge in [-0.1, -0.05) is 30.3 Å². The minimum absolute atomic E-state index is 0.165. The largest absolute Gasteiger partial charge is 0.444 e. The van der Waals surface area contributed by atoms with Crippen molar-refractivity contribution in [3.63, 3.8) is 0 Å². The number of carbonyl (C=O) groups excluding carboxylic acids is 1. The first-order chi connectivity index (χ1) is 9.70. The van der Waals surface area contributed by atoms with Crippen molar-refractivity contribution in [2.24, 2.45) is 0 Å². The second-order valence-corrected chi connectivity index (χ2v) is 5.98. The van der Waals surface area contributed by atoms with E-state index in [1.165, 1.54) is 24.3 Å². The van der Waals surface area contributed by atoms with Gasteiger partial charge >= 0.3 is 6.09 Å². The molecule has 1 aliphatic heterocycles. The van der Waals surface area contributed by atoms with Crippen molar-refractivity contribution < 1.29 is 23.0 Å². The molecule has 0 saturated carbocycles. The molecule has 21 heavy (non-hydrogen) atoms. The average molecular weight is 299 g/mol. The van der Waals surface area contributed by atoms with E-state index >= 15 is 0 Å². The summed E-state index contributed by atoms with van der Waals surface area (Å²) in [6.07, 6.45) is -1.58. The number of epoxide rings is 1. The Kier molecular flexibility index (Phi) is 4.18. The highest BCUT2D eigenvalue weighted by Crippen LogP contribution is 2.37. The summed E-state index contributed by atoms with van der Waals surface area (Å²) < 4.78 is 39.1. The molecule has 1 heterocycles. The summed E-state index contributed by atoms with van der Waals surface area (Å²) in [5, 5.41) is 2.24. The van der Waals surface area contributed by atoms with E-state index < -0.39 is 29.8 Å². The van der Waals surface area contributed by atoms with Crippen LogP contribution in [0.4, 0.5) is 13.6 Å². The SMILES string of the molecule is CC(C)(C)OC(=O)NC(C1CO1)C(F)(F)c1ccccc1. The van der Waals surface area contributed by atoms with E-state index in [-0.39, 0.29) is 12.2 Å². The van der Waals surface area contributed by atoms with Gasteiger partial charge in [0.25, 0.3) is 5.92 Å². The first-order valence-corrected chi connectivity index (χ1v) is 6.74. The van der Waals surface area contributed by atoms with Gasteiger partial charge in [-0.15, -0.1) is 0 Å². The number of halogens is 2. The fraction of sp³-hybridized carbons (Fsp3) is 0.533. The fourth-order valence-electron chi connectivity index (χ4n) is 1.94. The second-order valence-electron chi connectivity index (χ2n) is 5.98. The predicted molar refractivity (Wildman–Crippen MR) is 73.2 cm³/mol. The third kappa shape index (κ3) is 4.14. The minimum atomic E-state index is -3.24. The average Bonchev–Trinajstić information content (AvgIpc) is 3.19. The Morgan fingerprint density at radius 3 is 2.38 bits per heavy atom. The van der Waals surface area contributed by atoms with E-state index in [4.69, 9.17) is 9.47 Å². The van der Waals surface area contributed by atoms with Crippen LogP contribution >= 0.6 is 0 Å². The number of benzene rings is 1. The minimum Gasteiger partial charge on any atom is -0.444 e. The lowest BCUT2D eigenvalue weighted by Gasteiger charge is -2.28. The van der Waals surface area contributed by atoms with Gasteiger partial charge in [0, 0.05) is 5.56 Å². The summed E-state index contributed by atoms with van der Waals surface area (Å²) in [7, 11) is 0. The van der Waals surface area contributed by atoms with Crippen LogP contribution in [-0.2, 0) is 15.4 Å². The third-order valence-electron chi connectivity index (χ3n) is 2.95. The molecular formula is C15H19F2NO3. The molecule has 116 valence electrons. The molecule has 1 saturated heterocycles. The van der Waals surface area contributed by atoms with Gasteiger partial charge in [0.15, 0.2) is 0 Å². The van der Waals surface area contributed by atoms with Gasteiger partial charge in [-0.3, -0.25) is 0 Å². The molecule has 1 aliphatic rings. The molecule has 4 nitrogen and oxygen atoms in total. The molecule has 0 bridgehead atoms. The molecule has 0 aliphatic carbocycles. The van der Waals surface area contributed by atoms with E-state index in [1.807, 2.05) is 0 Å². The Labute approximate surface area is 122 Å². The first kappa shape index (κ1) is 15.7. The quantitative estimate of drug-likeness (QED) is 0.869. The summed E-state index contributed by atoms with van der Waals surface area (Å²) >= 11 is 0. The van der Waals surface area contributed by atoms with Crippen molar-refractivity contribution in [2.45, 2.75) is 44.4 Å². The molecule has 0 spiro atoms. The lowest BCUT2D eigenvalue weighted by Crippen LogP contribution is -2.50. The van der Waals surface area contributed by atoms with Crippen LogP contribution in [0.25, 0.3) is 0 Å². The zero-order chi connectivity index (χ0) is 15.7. The number of carbonyl (C=O) groups is 1. The Balaban J connectivity index is 2.14. The van der Waals surface area contributed by atoms with E-state index in [0.717, 1.165) is 0 Å². The summed E-state index contributed by atoms with van der Waals surface area (Å²) in [6.45, 7) is 5.21. The maximum absolute atomic E-state index is 14.6. The van der Waals surface area contributed by atoms with E-state index in [2.05, 4.69) is 5.32 Å². The van der Waals surface area contributed by atoms with Crippen LogP contribution < -0.4 is 5.32 Å². The highest BCUT2D eigenvalue weighted by molar-refractivity contribution is 5.68. The molecular weight excluding hydrogens is 280 g/mol. The molecule has 1 fully saturated rings. The lowest BCUT2D eigenvalue weighted by molar-refractivity contribution is -0.0542. The summed E-state index contributed by atoms with van der Waals surface area (Å²) in [5.41, 5.74) is -0.914. The second kappa shape index (κ2) is 5.60. The number of alkyl halides is 2. The van der Waals surface area contributed by atoms with Crippen molar-refractivity contribution >= 4 is 6.09 Å². The molecule has 0 aromatic heterocycles. The van der Waals surface area contributed by atoms with Gasteiger partial charge < -0.3 is 14.8 Å². The number of ether oxygens (including phenoxy) is 2. The highest BCUT2D eigenvalue weighted by Gasteiger charge is 2.52. The molecule has 2 rings (SSSR count). The third-order valence-corrected chi connectivity index (χ3v) is 2.95. The smallest absolute Gasteiger partial charge is 0.408 e. The standard InChI is InChI=1S/C15H19F2NO3/c1-14(2,3)21-13(19)18-12(11-9-20-11)15(16,17)10-7-5-4-6-8-10/h4-8,11-12H,9H2,1-3H3,(H,18,19). The normalized spacial score (nSPS) is 19.8. The van der Waals surface area contributed by atoms with Gasteiger partial charge in [-0.05, 0) is 20.8 Å². The number of hydrogen-bond acceptors (Lipinski definition) is 3. The molecule has 1 N–H and O–H groups in total.